The summed E-state index contributed by atoms with van der Waals surface area (Å²) in [5, 5.41) is 7.26. The molecule has 0 aliphatic carbocycles. The summed E-state index contributed by atoms with van der Waals surface area (Å²) in [5.41, 5.74) is 7.78. The van der Waals surface area contributed by atoms with E-state index in [1.807, 2.05) is 17.8 Å². The molecule has 0 fully saturated rings. The summed E-state index contributed by atoms with van der Waals surface area (Å²) in [7, 11) is 0. The number of hydrogen-bond acceptors (Lipinski definition) is 3. The van der Waals surface area contributed by atoms with Gasteiger partial charge in [-0.2, -0.15) is 5.10 Å². The highest BCUT2D eigenvalue weighted by atomic mass is 19.1. The van der Waals surface area contributed by atoms with E-state index in [2.05, 4.69) is 10.4 Å². The number of hydrogen-bond donors (Lipinski definition) is 2. The van der Waals surface area contributed by atoms with Gasteiger partial charge in [0.15, 0.2) is 0 Å². The molecular formula is C12H15FN4. The highest BCUT2D eigenvalue weighted by Gasteiger charge is 1.98. The largest absolute Gasteiger partial charge is 0.399 e. The maximum atomic E-state index is 13.0. The van der Waals surface area contributed by atoms with Crippen LogP contribution in [0.5, 0.6) is 0 Å². The van der Waals surface area contributed by atoms with Gasteiger partial charge in [0, 0.05) is 24.1 Å². The van der Waals surface area contributed by atoms with E-state index in [1.165, 1.54) is 12.1 Å². The van der Waals surface area contributed by atoms with Crippen molar-refractivity contribution >= 4 is 11.4 Å². The molecule has 1 heterocycles. The highest BCUT2D eigenvalue weighted by molar-refractivity contribution is 5.54. The molecule has 2 rings (SSSR count). The Balaban J connectivity index is 1.89. The number of halogens is 1. The quantitative estimate of drug-likeness (QED) is 0.796. The zero-order valence-corrected chi connectivity index (χ0v) is 9.65. The Kier molecular flexibility index (Phi) is 3.27. The Hall–Kier alpha value is -2.04. The maximum absolute atomic E-state index is 13.0. The van der Waals surface area contributed by atoms with Crippen molar-refractivity contribution in [2.45, 2.75) is 13.5 Å². The van der Waals surface area contributed by atoms with E-state index in [0.29, 0.717) is 17.9 Å². The Bertz CT molecular complexity index is 487. The molecule has 0 radical (unpaired) electrons. The van der Waals surface area contributed by atoms with Crippen molar-refractivity contribution < 1.29 is 4.39 Å². The van der Waals surface area contributed by atoms with E-state index in [0.717, 1.165) is 12.1 Å². The van der Waals surface area contributed by atoms with Crippen molar-refractivity contribution in [1.82, 2.24) is 9.78 Å². The molecule has 1 aromatic heterocycles. The van der Waals surface area contributed by atoms with Crippen LogP contribution in [0.15, 0.2) is 30.6 Å². The number of aryl methyl sites for hydroxylation is 1. The van der Waals surface area contributed by atoms with Gasteiger partial charge < -0.3 is 11.1 Å². The van der Waals surface area contributed by atoms with Gasteiger partial charge in [-0.05, 0) is 30.7 Å². The minimum Gasteiger partial charge on any atom is -0.399 e. The molecule has 1 aromatic carbocycles. The SMILES string of the molecule is Cc1cnn(CCNc2cc(N)cc(F)c2)c1. The van der Waals surface area contributed by atoms with Gasteiger partial charge in [0.25, 0.3) is 0 Å². The zero-order chi connectivity index (χ0) is 12.3. The number of nitrogens with zero attached hydrogens (tertiary/aromatic N) is 2. The Morgan fingerprint density at radius 2 is 2.24 bits per heavy atom. The fraction of sp³-hybridized carbons (Fsp3) is 0.250. The summed E-state index contributed by atoms with van der Waals surface area (Å²) in [6.07, 6.45) is 3.77. The van der Waals surface area contributed by atoms with Crippen LogP contribution in [0.25, 0.3) is 0 Å². The second-order valence-corrected chi connectivity index (χ2v) is 3.98. The van der Waals surface area contributed by atoms with Crippen molar-refractivity contribution in [2.24, 2.45) is 0 Å². The monoisotopic (exact) mass is 234 g/mol. The van der Waals surface area contributed by atoms with E-state index < -0.39 is 0 Å². The van der Waals surface area contributed by atoms with Crippen LogP contribution in [0.2, 0.25) is 0 Å². The van der Waals surface area contributed by atoms with Gasteiger partial charge in [-0.15, -0.1) is 0 Å². The van der Waals surface area contributed by atoms with Gasteiger partial charge in [0.1, 0.15) is 5.82 Å². The molecule has 0 amide bonds. The second kappa shape index (κ2) is 4.86. The second-order valence-electron chi connectivity index (χ2n) is 3.98. The summed E-state index contributed by atoms with van der Waals surface area (Å²) in [4.78, 5) is 0. The first-order valence-corrected chi connectivity index (χ1v) is 5.42. The summed E-state index contributed by atoms with van der Waals surface area (Å²) in [5.74, 6) is -0.331. The summed E-state index contributed by atoms with van der Waals surface area (Å²) in [6.45, 7) is 3.39. The van der Waals surface area contributed by atoms with Gasteiger partial charge in [-0.25, -0.2) is 4.39 Å². The number of nitrogen functional groups attached to an aromatic ring is 1. The Morgan fingerprint density at radius 3 is 2.88 bits per heavy atom. The number of benzene rings is 1. The molecule has 0 saturated heterocycles. The van der Waals surface area contributed by atoms with Gasteiger partial charge >= 0.3 is 0 Å². The lowest BCUT2D eigenvalue weighted by atomic mass is 10.2. The van der Waals surface area contributed by atoms with Crippen LogP contribution < -0.4 is 11.1 Å². The third-order valence-corrected chi connectivity index (χ3v) is 2.35. The van der Waals surface area contributed by atoms with Crippen molar-refractivity contribution in [3.05, 3.63) is 42.0 Å². The molecule has 0 spiro atoms. The molecule has 3 N–H and O–H groups in total. The molecule has 0 saturated carbocycles. The van der Waals surface area contributed by atoms with Crippen molar-refractivity contribution in [2.75, 3.05) is 17.6 Å². The van der Waals surface area contributed by atoms with Gasteiger partial charge in [0.05, 0.1) is 12.7 Å². The van der Waals surface area contributed by atoms with Gasteiger partial charge in [0.2, 0.25) is 0 Å². The lowest BCUT2D eigenvalue weighted by molar-refractivity contribution is 0.626. The third kappa shape index (κ3) is 3.21. The lowest BCUT2D eigenvalue weighted by Crippen LogP contribution is -2.11. The van der Waals surface area contributed by atoms with E-state index >= 15 is 0 Å². The standard InChI is InChI=1S/C12H15FN4/c1-9-7-16-17(8-9)3-2-15-12-5-10(13)4-11(14)6-12/h4-8,15H,2-3,14H2,1H3. The highest BCUT2D eigenvalue weighted by Crippen LogP contribution is 2.14. The molecule has 5 heteroatoms. The first-order chi connectivity index (χ1) is 8.13. The fourth-order valence-electron chi connectivity index (χ4n) is 1.62. The van der Waals surface area contributed by atoms with Crippen LogP contribution >= 0.6 is 0 Å². The van der Waals surface area contributed by atoms with E-state index in [4.69, 9.17) is 5.73 Å². The molecule has 2 aromatic rings. The average Bonchev–Trinajstić information content (AvgIpc) is 2.63. The van der Waals surface area contributed by atoms with Crippen molar-refractivity contribution in [1.29, 1.82) is 0 Å². The summed E-state index contributed by atoms with van der Waals surface area (Å²) >= 11 is 0. The summed E-state index contributed by atoms with van der Waals surface area (Å²) in [6, 6.07) is 4.42. The van der Waals surface area contributed by atoms with E-state index in [1.54, 1.807) is 12.3 Å². The van der Waals surface area contributed by atoms with Crippen molar-refractivity contribution in [3.8, 4) is 0 Å². The van der Waals surface area contributed by atoms with Crippen molar-refractivity contribution in [3.63, 3.8) is 0 Å². The summed E-state index contributed by atoms with van der Waals surface area (Å²) < 4.78 is 14.9. The van der Waals surface area contributed by atoms with Gasteiger partial charge in [-0.1, -0.05) is 0 Å². The first kappa shape index (κ1) is 11.4. The third-order valence-electron chi connectivity index (χ3n) is 2.35. The lowest BCUT2D eigenvalue weighted by Gasteiger charge is -2.07. The Morgan fingerprint density at radius 1 is 1.41 bits per heavy atom. The predicted octanol–water partition coefficient (Wildman–Crippen LogP) is 2.02. The number of aromatic nitrogens is 2. The molecule has 0 atom stereocenters. The molecule has 0 bridgehead atoms. The van der Waals surface area contributed by atoms with Crippen LogP contribution in [-0.2, 0) is 6.54 Å². The molecule has 0 aliphatic heterocycles. The molecule has 0 unspecified atom stereocenters. The molecule has 4 nitrogen and oxygen atoms in total. The smallest absolute Gasteiger partial charge is 0.127 e. The molecule has 0 aliphatic rings. The average molecular weight is 234 g/mol. The van der Waals surface area contributed by atoms with Crippen LogP contribution in [0.1, 0.15) is 5.56 Å². The number of anilines is 2. The van der Waals surface area contributed by atoms with Crippen LogP contribution in [0, 0.1) is 12.7 Å². The zero-order valence-electron chi connectivity index (χ0n) is 9.65. The fourth-order valence-corrected chi connectivity index (χ4v) is 1.62. The van der Waals surface area contributed by atoms with Crippen LogP contribution in [0.4, 0.5) is 15.8 Å². The van der Waals surface area contributed by atoms with E-state index in [9.17, 15) is 4.39 Å². The molecule has 17 heavy (non-hydrogen) atoms. The topological polar surface area (TPSA) is 55.9 Å². The van der Waals surface area contributed by atoms with E-state index in [-0.39, 0.29) is 5.82 Å². The molecule has 90 valence electrons. The van der Waals surface area contributed by atoms with Gasteiger partial charge in [-0.3, -0.25) is 4.68 Å². The predicted molar refractivity (Wildman–Crippen MR) is 66.3 cm³/mol. The Labute approximate surface area is 99.2 Å². The number of nitrogens with one attached hydrogen (secondary N) is 1. The normalized spacial score (nSPS) is 10.5. The van der Waals surface area contributed by atoms with Crippen LogP contribution in [-0.4, -0.2) is 16.3 Å². The maximum Gasteiger partial charge on any atom is 0.127 e. The minimum atomic E-state index is -0.331. The molecular weight excluding hydrogens is 219 g/mol. The number of nitrogens with two attached hydrogens (primary N) is 1. The minimum absolute atomic E-state index is 0.331. The first-order valence-electron chi connectivity index (χ1n) is 5.42. The van der Waals surface area contributed by atoms with Crippen LogP contribution in [0.3, 0.4) is 0 Å². The number of rotatable bonds is 4.